The molecule has 0 saturated heterocycles. The van der Waals surface area contributed by atoms with Gasteiger partial charge in [-0.3, -0.25) is 0 Å². The van der Waals surface area contributed by atoms with Crippen LogP contribution in [0.25, 0.3) is 0 Å². The summed E-state index contributed by atoms with van der Waals surface area (Å²) in [5, 5.41) is 0. The third-order valence-corrected chi connectivity index (χ3v) is 4.94. The molecule has 0 unspecified atom stereocenters. The average Bonchev–Trinajstić information content (AvgIpc) is 1.82. The first-order valence-corrected chi connectivity index (χ1v) is 9.15. The fraction of sp³-hybridized carbons (Fsp3) is 1.00. The SMILES string of the molecule is CC(C)(CCC[PH](C)(C)C)N(Cl)Cl. The van der Waals surface area contributed by atoms with Crippen LogP contribution in [0, 0.1) is 0 Å². The van der Waals surface area contributed by atoms with E-state index < -0.39 is 7.26 Å². The molecule has 0 aromatic carbocycles. The zero-order valence-corrected chi connectivity index (χ0v) is 11.8. The van der Waals surface area contributed by atoms with Crippen LogP contribution in [0.3, 0.4) is 0 Å². The summed E-state index contributed by atoms with van der Waals surface area (Å²) in [7, 11) is -0.896. The first kappa shape index (κ1) is 14.0. The predicted octanol–water partition coefficient (Wildman–Crippen LogP) is 3.79. The molecule has 1 nitrogen and oxygen atoms in total. The predicted molar refractivity (Wildman–Crippen MR) is 67.8 cm³/mol. The van der Waals surface area contributed by atoms with Crippen molar-refractivity contribution in [1.29, 1.82) is 0 Å². The Morgan fingerprint density at radius 3 is 1.92 bits per heavy atom. The minimum absolute atomic E-state index is 0.0945. The van der Waals surface area contributed by atoms with E-state index in [0.717, 1.165) is 6.42 Å². The molecule has 0 radical (unpaired) electrons. The van der Waals surface area contributed by atoms with E-state index in [4.69, 9.17) is 23.6 Å². The van der Waals surface area contributed by atoms with Crippen molar-refractivity contribution in [3.05, 3.63) is 0 Å². The summed E-state index contributed by atoms with van der Waals surface area (Å²) in [5.74, 6) is 0. The van der Waals surface area contributed by atoms with E-state index in [9.17, 15) is 0 Å². The van der Waals surface area contributed by atoms with Crippen molar-refractivity contribution in [2.45, 2.75) is 32.2 Å². The van der Waals surface area contributed by atoms with Crippen LogP contribution in [-0.4, -0.2) is 35.6 Å². The molecule has 0 bridgehead atoms. The van der Waals surface area contributed by atoms with E-state index in [-0.39, 0.29) is 5.54 Å². The molecule has 0 heterocycles. The molecule has 0 aromatic rings. The van der Waals surface area contributed by atoms with Gasteiger partial charge in [0.15, 0.2) is 0 Å². The maximum atomic E-state index is 5.73. The Balaban J connectivity index is 3.77. The molecule has 0 spiro atoms. The first-order chi connectivity index (χ1) is 5.65. The summed E-state index contributed by atoms with van der Waals surface area (Å²) in [4.78, 5) is 0. The summed E-state index contributed by atoms with van der Waals surface area (Å²) >= 11 is 11.5. The van der Waals surface area contributed by atoms with Gasteiger partial charge in [0.2, 0.25) is 0 Å². The molecule has 0 aromatic heterocycles. The van der Waals surface area contributed by atoms with Crippen molar-refractivity contribution >= 4 is 30.8 Å². The first-order valence-electron chi connectivity index (χ1n) is 4.77. The number of hydrogen-bond donors (Lipinski definition) is 0. The minimum atomic E-state index is -0.896. The van der Waals surface area contributed by atoms with Gasteiger partial charge in [0.05, 0.1) is 0 Å². The Labute approximate surface area is 93.3 Å². The maximum absolute atomic E-state index is 5.73. The molecule has 0 fully saturated rings. The quantitative estimate of drug-likeness (QED) is 0.527. The van der Waals surface area contributed by atoms with Gasteiger partial charge >= 0.3 is 93.1 Å². The zero-order valence-electron chi connectivity index (χ0n) is 9.32. The second kappa shape index (κ2) is 5.16. The van der Waals surface area contributed by atoms with Crippen LogP contribution in [0.1, 0.15) is 26.7 Å². The standard InChI is InChI=1S/C9H22Cl2NP/c1-9(2,12(10)11)7-6-8-13(3,4)5/h13H,6-8H2,1-5H3. The topological polar surface area (TPSA) is 3.24 Å². The van der Waals surface area contributed by atoms with Gasteiger partial charge in [-0.2, -0.15) is 0 Å². The normalized spacial score (nSPS) is 15.1. The molecule has 0 atom stereocenters. The Morgan fingerprint density at radius 2 is 1.62 bits per heavy atom. The Hall–Kier alpha value is 0.970. The summed E-state index contributed by atoms with van der Waals surface area (Å²) in [6, 6.07) is 0. The summed E-state index contributed by atoms with van der Waals surface area (Å²) in [5.41, 5.74) is -0.0945. The molecule has 0 amide bonds. The molecule has 0 N–H and O–H groups in total. The van der Waals surface area contributed by atoms with E-state index in [1.165, 1.54) is 16.5 Å². The van der Waals surface area contributed by atoms with E-state index in [0.29, 0.717) is 0 Å². The fourth-order valence-electron chi connectivity index (χ4n) is 1.14. The van der Waals surface area contributed by atoms with Crippen LogP contribution in [0.5, 0.6) is 0 Å². The summed E-state index contributed by atoms with van der Waals surface area (Å²) in [6.07, 6.45) is 3.63. The average molecular weight is 246 g/mol. The molecule has 0 aliphatic carbocycles. The molecule has 0 rings (SSSR count). The van der Waals surface area contributed by atoms with Gasteiger partial charge in [-0.1, -0.05) is 0 Å². The zero-order chi connectivity index (χ0) is 10.7. The third-order valence-electron chi connectivity index (χ3n) is 2.17. The molecule has 13 heavy (non-hydrogen) atoms. The molecular formula is C9H22Cl2NP. The number of rotatable bonds is 5. The van der Waals surface area contributed by atoms with Crippen LogP contribution in [0.15, 0.2) is 0 Å². The molecule has 4 heteroatoms. The Bertz CT molecular complexity index is 152. The summed E-state index contributed by atoms with van der Waals surface area (Å²) in [6.45, 7) is 11.3. The van der Waals surface area contributed by atoms with Gasteiger partial charge in [0.25, 0.3) is 0 Å². The Kier molecular flexibility index (Phi) is 5.55. The monoisotopic (exact) mass is 245 g/mol. The van der Waals surface area contributed by atoms with E-state index in [1.54, 1.807) is 0 Å². The van der Waals surface area contributed by atoms with Crippen molar-refractivity contribution in [3.8, 4) is 0 Å². The van der Waals surface area contributed by atoms with E-state index in [2.05, 4.69) is 33.8 Å². The van der Waals surface area contributed by atoms with E-state index in [1.807, 2.05) is 0 Å². The second-order valence-corrected chi connectivity index (χ2v) is 11.9. The van der Waals surface area contributed by atoms with Crippen LogP contribution in [-0.2, 0) is 0 Å². The van der Waals surface area contributed by atoms with Crippen molar-refractivity contribution in [2.24, 2.45) is 0 Å². The van der Waals surface area contributed by atoms with Gasteiger partial charge in [-0.05, 0) is 0 Å². The number of hydrogen-bond acceptors (Lipinski definition) is 1. The van der Waals surface area contributed by atoms with Crippen molar-refractivity contribution in [3.63, 3.8) is 0 Å². The fourth-order valence-corrected chi connectivity index (χ4v) is 2.54. The van der Waals surface area contributed by atoms with Crippen molar-refractivity contribution in [1.82, 2.24) is 3.94 Å². The third kappa shape index (κ3) is 6.96. The number of halogens is 2. The van der Waals surface area contributed by atoms with Crippen LogP contribution < -0.4 is 0 Å². The molecule has 82 valence electrons. The molecule has 0 aliphatic heterocycles. The summed E-state index contributed by atoms with van der Waals surface area (Å²) < 4.78 is 1.28. The van der Waals surface area contributed by atoms with Gasteiger partial charge in [0, 0.05) is 0 Å². The Morgan fingerprint density at radius 1 is 1.15 bits per heavy atom. The molecule has 0 aliphatic rings. The van der Waals surface area contributed by atoms with Gasteiger partial charge in [-0.25, -0.2) is 0 Å². The number of nitrogens with zero attached hydrogens (tertiary/aromatic N) is 1. The second-order valence-electron chi connectivity index (χ2n) is 5.46. The van der Waals surface area contributed by atoms with Crippen molar-refractivity contribution < 1.29 is 0 Å². The van der Waals surface area contributed by atoms with Gasteiger partial charge < -0.3 is 0 Å². The van der Waals surface area contributed by atoms with Gasteiger partial charge in [0.1, 0.15) is 0 Å². The molecular weight excluding hydrogens is 224 g/mol. The van der Waals surface area contributed by atoms with E-state index >= 15 is 0 Å². The van der Waals surface area contributed by atoms with Crippen LogP contribution >= 0.6 is 30.8 Å². The molecule has 0 saturated carbocycles. The van der Waals surface area contributed by atoms with Crippen LogP contribution in [0.4, 0.5) is 0 Å². The van der Waals surface area contributed by atoms with Crippen LogP contribution in [0.2, 0.25) is 0 Å². The van der Waals surface area contributed by atoms with Crippen molar-refractivity contribution in [2.75, 3.05) is 26.2 Å². The van der Waals surface area contributed by atoms with Gasteiger partial charge in [-0.15, -0.1) is 0 Å².